The molecule has 6 heteroatoms. The van der Waals surface area contributed by atoms with Crippen LogP contribution in [-0.4, -0.2) is 35.9 Å². The minimum absolute atomic E-state index is 0.480. The molecule has 2 aromatic heterocycles. The molecule has 0 bridgehead atoms. The van der Waals surface area contributed by atoms with E-state index in [1.54, 1.807) is 11.3 Å². The maximum Gasteiger partial charge on any atom is 0.191 e. The number of aromatic nitrogens is 2. The van der Waals surface area contributed by atoms with Gasteiger partial charge >= 0.3 is 0 Å². The normalized spacial score (nSPS) is 14.6. The summed E-state index contributed by atoms with van der Waals surface area (Å²) in [7, 11) is 1.81. The molecule has 2 unspecified atom stereocenters. The Balaban J connectivity index is 1.70. The van der Waals surface area contributed by atoms with E-state index < -0.39 is 0 Å². The molecule has 2 heterocycles. The zero-order chi connectivity index (χ0) is 15.8. The van der Waals surface area contributed by atoms with Crippen molar-refractivity contribution in [3.05, 3.63) is 40.8 Å². The minimum Gasteiger partial charge on any atom is -0.356 e. The number of nitrogens with zero attached hydrogens (tertiary/aromatic N) is 3. The summed E-state index contributed by atoms with van der Waals surface area (Å²) in [5, 5.41) is 13.1. The fraction of sp³-hybridized carbons (Fsp3) is 0.500. The SMILES string of the molecule is CN=C(NCC(C)Cn1cccn1)NCC(C)c1cccs1. The van der Waals surface area contributed by atoms with Gasteiger partial charge in [-0.1, -0.05) is 19.9 Å². The summed E-state index contributed by atoms with van der Waals surface area (Å²) in [6, 6.07) is 6.23. The van der Waals surface area contributed by atoms with Gasteiger partial charge in [-0.15, -0.1) is 11.3 Å². The second-order valence-electron chi connectivity index (χ2n) is 5.58. The minimum atomic E-state index is 0.480. The number of hydrogen-bond acceptors (Lipinski definition) is 3. The average Bonchev–Trinajstić information content (AvgIpc) is 3.20. The molecule has 0 amide bonds. The summed E-state index contributed by atoms with van der Waals surface area (Å²) >= 11 is 1.80. The molecule has 2 aromatic rings. The Hall–Kier alpha value is -1.82. The van der Waals surface area contributed by atoms with Gasteiger partial charge in [-0.05, 0) is 23.4 Å². The molecule has 0 aliphatic heterocycles. The molecular weight excluding hydrogens is 294 g/mol. The Morgan fingerprint density at radius 2 is 2.14 bits per heavy atom. The van der Waals surface area contributed by atoms with Gasteiger partial charge in [0.05, 0.1) is 0 Å². The smallest absolute Gasteiger partial charge is 0.191 e. The second-order valence-corrected chi connectivity index (χ2v) is 6.56. The Labute approximate surface area is 136 Å². The first-order valence-electron chi connectivity index (χ1n) is 7.64. The zero-order valence-corrected chi connectivity index (χ0v) is 14.3. The van der Waals surface area contributed by atoms with Crippen LogP contribution in [0.1, 0.15) is 24.6 Å². The van der Waals surface area contributed by atoms with Crippen molar-refractivity contribution in [3.8, 4) is 0 Å². The predicted molar refractivity (Wildman–Crippen MR) is 93.5 cm³/mol. The van der Waals surface area contributed by atoms with Crippen LogP contribution >= 0.6 is 11.3 Å². The lowest BCUT2D eigenvalue weighted by molar-refractivity contribution is 0.443. The molecule has 0 fully saturated rings. The Bertz CT molecular complexity index is 547. The number of hydrogen-bond donors (Lipinski definition) is 2. The van der Waals surface area contributed by atoms with Gasteiger partial charge in [0, 0.05) is 49.9 Å². The van der Waals surface area contributed by atoms with E-state index in [2.05, 4.69) is 52.1 Å². The van der Waals surface area contributed by atoms with Gasteiger partial charge in [-0.25, -0.2) is 0 Å². The van der Waals surface area contributed by atoms with Crippen molar-refractivity contribution in [3.63, 3.8) is 0 Å². The highest BCUT2D eigenvalue weighted by Crippen LogP contribution is 2.19. The first-order valence-corrected chi connectivity index (χ1v) is 8.52. The Morgan fingerprint density at radius 3 is 2.77 bits per heavy atom. The van der Waals surface area contributed by atoms with Gasteiger partial charge in [0.25, 0.3) is 0 Å². The van der Waals surface area contributed by atoms with Crippen LogP contribution in [0.3, 0.4) is 0 Å². The maximum absolute atomic E-state index is 4.29. The monoisotopic (exact) mass is 319 g/mol. The van der Waals surface area contributed by atoms with E-state index in [1.807, 2.05) is 30.2 Å². The van der Waals surface area contributed by atoms with Crippen LogP contribution in [0.5, 0.6) is 0 Å². The van der Waals surface area contributed by atoms with Gasteiger partial charge < -0.3 is 10.6 Å². The molecule has 0 aliphatic carbocycles. The zero-order valence-electron chi connectivity index (χ0n) is 13.5. The van der Waals surface area contributed by atoms with Crippen molar-refractivity contribution in [2.45, 2.75) is 26.3 Å². The molecule has 0 aliphatic rings. The lowest BCUT2D eigenvalue weighted by Gasteiger charge is -2.18. The molecule has 5 nitrogen and oxygen atoms in total. The van der Waals surface area contributed by atoms with Crippen LogP contribution in [-0.2, 0) is 6.54 Å². The van der Waals surface area contributed by atoms with E-state index in [4.69, 9.17) is 0 Å². The van der Waals surface area contributed by atoms with Crippen LogP contribution < -0.4 is 10.6 Å². The third kappa shape index (κ3) is 5.18. The molecule has 0 saturated heterocycles. The summed E-state index contributed by atoms with van der Waals surface area (Å²) in [5.41, 5.74) is 0. The van der Waals surface area contributed by atoms with Crippen molar-refractivity contribution in [1.82, 2.24) is 20.4 Å². The highest BCUT2D eigenvalue weighted by Gasteiger charge is 2.09. The molecule has 0 spiro atoms. The molecule has 0 saturated carbocycles. The average molecular weight is 319 g/mol. The topological polar surface area (TPSA) is 54.2 Å². The van der Waals surface area contributed by atoms with Gasteiger partial charge in [-0.3, -0.25) is 9.67 Å². The van der Waals surface area contributed by atoms with E-state index in [0.717, 1.165) is 25.6 Å². The lowest BCUT2D eigenvalue weighted by atomic mass is 10.1. The fourth-order valence-corrected chi connectivity index (χ4v) is 2.99. The number of nitrogens with one attached hydrogen (secondary N) is 2. The maximum atomic E-state index is 4.29. The highest BCUT2D eigenvalue weighted by molar-refractivity contribution is 7.10. The van der Waals surface area contributed by atoms with E-state index in [0.29, 0.717) is 11.8 Å². The number of rotatable bonds is 7. The Morgan fingerprint density at radius 1 is 1.32 bits per heavy atom. The lowest BCUT2D eigenvalue weighted by Crippen LogP contribution is -2.41. The quantitative estimate of drug-likeness (QED) is 0.609. The van der Waals surface area contributed by atoms with Crippen molar-refractivity contribution in [2.24, 2.45) is 10.9 Å². The molecule has 120 valence electrons. The molecule has 0 radical (unpaired) electrons. The molecular formula is C16H25N5S. The van der Waals surface area contributed by atoms with Gasteiger partial charge in [0.1, 0.15) is 0 Å². The third-order valence-electron chi connectivity index (χ3n) is 3.50. The van der Waals surface area contributed by atoms with Gasteiger partial charge in [-0.2, -0.15) is 5.10 Å². The van der Waals surface area contributed by atoms with Crippen LogP contribution in [0.15, 0.2) is 41.0 Å². The number of aliphatic imine (C=N–C) groups is 1. The van der Waals surface area contributed by atoms with Crippen LogP contribution in [0, 0.1) is 5.92 Å². The van der Waals surface area contributed by atoms with E-state index >= 15 is 0 Å². The van der Waals surface area contributed by atoms with Crippen LogP contribution in [0.4, 0.5) is 0 Å². The van der Waals surface area contributed by atoms with E-state index in [9.17, 15) is 0 Å². The summed E-state index contributed by atoms with van der Waals surface area (Å²) < 4.78 is 1.96. The number of thiophene rings is 1. The van der Waals surface area contributed by atoms with Crippen molar-refractivity contribution < 1.29 is 0 Å². The molecule has 2 N–H and O–H groups in total. The molecule has 2 rings (SSSR count). The third-order valence-corrected chi connectivity index (χ3v) is 4.61. The van der Waals surface area contributed by atoms with Crippen molar-refractivity contribution in [1.29, 1.82) is 0 Å². The van der Waals surface area contributed by atoms with Crippen molar-refractivity contribution >= 4 is 17.3 Å². The highest BCUT2D eigenvalue weighted by atomic mass is 32.1. The molecule has 0 aromatic carbocycles. The second kappa shape index (κ2) is 8.58. The molecule has 2 atom stereocenters. The van der Waals surface area contributed by atoms with Crippen LogP contribution in [0.2, 0.25) is 0 Å². The summed E-state index contributed by atoms with van der Waals surface area (Å²) in [5.74, 6) is 1.82. The van der Waals surface area contributed by atoms with Crippen molar-refractivity contribution in [2.75, 3.05) is 20.1 Å². The Kier molecular flexibility index (Phi) is 6.45. The first-order chi connectivity index (χ1) is 10.7. The molecule has 22 heavy (non-hydrogen) atoms. The van der Waals surface area contributed by atoms with E-state index in [1.165, 1.54) is 4.88 Å². The summed E-state index contributed by atoms with van der Waals surface area (Å²) in [4.78, 5) is 5.68. The first kappa shape index (κ1) is 16.5. The number of guanidine groups is 1. The fourth-order valence-electron chi connectivity index (χ4n) is 2.21. The summed E-state index contributed by atoms with van der Waals surface area (Å²) in [6.45, 7) is 7.09. The predicted octanol–water partition coefficient (Wildman–Crippen LogP) is 2.55. The van der Waals surface area contributed by atoms with E-state index in [-0.39, 0.29) is 0 Å². The standard InChI is InChI=1S/C16H25N5S/c1-13(12-21-8-5-7-20-21)10-18-16(17-3)19-11-14(2)15-6-4-9-22-15/h4-9,13-14H,10-12H2,1-3H3,(H2,17,18,19). The van der Waals surface area contributed by atoms with Gasteiger partial charge in [0.15, 0.2) is 5.96 Å². The largest absolute Gasteiger partial charge is 0.356 e. The van der Waals surface area contributed by atoms with Crippen LogP contribution in [0.25, 0.3) is 0 Å². The van der Waals surface area contributed by atoms with Gasteiger partial charge in [0.2, 0.25) is 0 Å². The summed E-state index contributed by atoms with van der Waals surface area (Å²) in [6.07, 6.45) is 3.80.